The normalized spacial score (nSPS) is 12.8. The number of unbranched alkanes of at least 4 members (excludes halogenated alkanes) is 1. The zero-order chi connectivity index (χ0) is 9.40. The van der Waals surface area contributed by atoms with Crippen molar-refractivity contribution in [2.75, 3.05) is 18.1 Å². The smallest absolute Gasteiger partial charge is 0.321 e. The van der Waals surface area contributed by atoms with Crippen molar-refractivity contribution in [1.82, 2.24) is 0 Å². The van der Waals surface area contributed by atoms with Crippen LogP contribution in [0.1, 0.15) is 12.8 Å². The molecule has 0 aromatic carbocycles. The van der Waals surface area contributed by atoms with Crippen molar-refractivity contribution in [3.63, 3.8) is 0 Å². The van der Waals surface area contributed by atoms with E-state index in [4.69, 9.17) is 15.9 Å². The molecule has 0 aliphatic carbocycles. The standard InChI is InChI=1S/C7H15NO3S/c8-6(7(10)11)5-12-4-2-1-3-9/h6,9H,1-5,8H2,(H,10,11). The fourth-order valence-corrected chi connectivity index (χ4v) is 1.57. The lowest BCUT2D eigenvalue weighted by Crippen LogP contribution is -2.32. The monoisotopic (exact) mass is 193 g/mol. The minimum atomic E-state index is -0.954. The quantitative estimate of drug-likeness (QED) is 0.492. The van der Waals surface area contributed by atoms with E-state index < -0.39 is 12.0 Å². The Morgan fingerprint density at radius 3 is 2.67 bits per heavy atom. The molecule has 0 saturated heterocycles. The second-order valence-electron chi connectivity index (χ2n) is 2.45. The molecule has 0 bridgehead atoms. The lowest BCUT2D eigenvalue weighted by molar-refractivity contribution is -0.137. The Bertz CT molecular complexity index is 132. The molecule has 0 aromatic rings. The van der Waals surface area contributed by atoms with Crippen LogP contribution in [-0.2, 0) is 4.79 Å². The maximum Gasteiger partial charge on any atom is 0.321 e. The number of aliphatic hydroxyl groups excluding tert-OH is 1. The van der Waals surface area contributed by atoms with Crippen LogP contribution in [0.3, 0.4) is 0 Å². The molecule has 0 fully saturated rings. The van der Waals surface area contributed by atoms with Crippen LogP contribution >= 0.6 is 11.8 Å². The van der Waals surface area contributed by atoms with Crippen molar-refractivity contribution in [2.24, 2.45) is 5.73 Å². The highest BCUT2D eigenvalue weighted by atomic mass is 32.2. The summed E-state index contributed by atoms with van der Waals surface area (Å²) in [6.07, 6.45) is 1.68. The van der Waals surface area contributed by atoms with E-state index in [-0.39, 0.29) is 6.61 Å². The number of carboxylic acid groups (broad SMARTS) is 1. The van der Waals surface area contributed by atoms with Crippen molar-refractivity contribution < 1.29 is 15.0 Å². The molecule has 72 valence electrons. The van der Waals surface area contributed by atoms with Gasteiger partial charge in [-0.2, -0.15) is 11.8 Å². The highest BCUT2D eigenvalue weighted by Gasteiger charge is 2.09. The summed E-state index contributed by atoms with van der Waals surface area (Å²) in [5.74, 6) is 0.354. The number of carboxylic acids is 1. The molecule has 0 heterocycles. The number of thioether (sulfide) groups is 1. The predicted molar refractivity (Wildman–Crippen MR) is 49.3 cm³/mol. The van der Waals surface area contributed by atoms with Crippen LogP contribution in [0.5, 0.6) is 0 Å². The highest BCUT2D eigenvalue weighted by Crippen LogP contribution is 2.05. The first-order valence-corrected chi connectivity index (χ1v) is 5.01. The van der Waals surface area contributed by atoms with Crippen LogP contribution in [0.4, 0.5) is 0 Å². The lowest BCUT2D eigenvalue weighted by Gasteiger charge is -2.04. The molecule has 4 N–H and O–H groups in total. The molecule has 1 atom stereocenters. The number of aliphatic hydroxyl groups is 1. The van der Waals surface area contributed by atoms with Gasteiger partial charge in [0.1, 0.15) is 6.04 Å². The van der Waals surface area contributed by atoms with E-state index in [1.165, 1.54) is 11.8 Å². The Kier molecular flexibility index (Phi) is 7.23. The first-order chi connectivity index (χ1) is 5.68. The second kappa shape index (κ2) is 7.39. The molecule has 0 saturated carbocycles. The zero-order valence-corrected chi connectivity index (χ0v) is 7.72. The third-order valence-electron chi connectivity index (χ3n) is 1.31. The summed E-state index contributed by atoms with van der Waals surface area (Å²) >= 11 is 1.51. The molecule has 5 heteroatoms. The molecule has 1 unspecified atom stereocenters. The fourth-order valence-electron chi connectivity index (χ4n) is 0.598. The summed E-state index contributed by atoms with van der Waals surface area (Å²) in [5, 5.41) is 16.8. The third-order valence-corrected chi connectivity index (χ3v) is 2.48. The average molecular weight is 193 g/mol. The summed E-state index contributed by atoms with van der Waals surface area (Å²) in [5.41, 5.74) is 5.26. The van der Waals surface area contributed by atoms with Crippen molar-refractivity contribution in [3.05, 3.63) is 0 Å². The minimum Gasteiger partial charge on any atom is -0.480 e. The minimum absolute atomic E-state index is 0.200. The molecule has 0 spiro atoms. The van der Waals surface area contributed by atoms with Crippen molar-refractivity contribution >= 4 is 17.7 Å². The molecule has 4 nitrogen and oxygen atoms in total. The summed E-state index contributed by atoms with van der Waals surface area (Å²) in [4.78, 5) is 10.2. The fraction of sp³-hybridized carbons (Fsp3) is 0.857. The Balaban J connectivity index is 3.14. The molecule has 0 rings (SSSR count). The van der Waals surface area contributed by atoms with Gasteiger partial charge in [0, 0.05) is 12.4 Å². The molecule has 12 heavy (non-hydrogen) atoms. The van der Waals surface area contributed by atoms with E-state index in [0.29, 0.717) is 5.75 Å². The van der Waals surface area contributed by atoms with Gasteiger partial charge in [-0.1, -0.05) is 0 Å². The van der Waals surface area contributed by atoms with Gasteiger partial charge in [0.25, 0.3) is 0 Å². The summed E-state index contributed by atoms with van der Waals surface area (Å²) in [6.45, 7) is 0.200. The summed E-state index contributed by atoms with van der Waals surface area (Å²) in [6, 6.07) is -0.760. The van der Waals surface area contributed by atoms with Gasteiger partial charge < -0.3 is 15.9 Å². The number of rotatable bonds is 7. The molecular weight excluding hydrogens is 178 g/mol. The van der Waals surface area contributed by atoms with E-state index in [9.17, 15) is 4.79 Å². The van der Waals surface area contributed by atoms with Crippen molar-refractivity contribution in [3.8, 4) is 0 Å². The van der Waals surface area contributed by atoms with Crippen LogP contribution in [0.25, 0.3) is 0 Å². The maximum absolute atomic E-state index is 10.2. The van der Waals surface area contributed by atoms with E-state index >= 15 is 0 Å². The van der Waals surface area contributed by atoms with Gasteiger partial charge in [0.05, 0.1) is 0 Å². The number of aliphatic carboxylic acids is 1. The van der Waals surface area contributed by atoms with Gasteiger partial charge in [-0.3, -0.25) is 4.79 Å². The molecular formula is C7H15NO3S. The van der Waals surface area contributed by atoms with Crippen LogP contribution < -0.4 is 5.73 Å². The molecule has 0 radical (unpaired) electrons. The lowest BCUT2D eigenvalue weighted by atomic mass is 10.4. The van der Waals surface area contributed by atoms with Crippen molar-refractivity contribution in [2.45, 2.75) is 18.9 Å². The molecule has 0 aliphatic rings. The number of carbonyl (C=O) groups is 1. The van der Waals surface area contributed by atoms with Crippen LogP contribution in [0.15, 0.2) is 0 Å². The predicted octanol–water partition coefficient (Wildman–Crippen LogP) is -0.0960. The number of hydrogen-bond donors (Lipinski definition) is 3. The van der Waals surface area contributed by atoms with E-state index in [0.717, 1.165) is 18.6 Å². The van der Waals surface area contributed by atoms with Gasteiger partial charge in [0.2, 0.25) is 0 Å². The van der Waals surface area contributed by atoms with Gasteiger partial charge >= 0.3 is 5.97 Å². The maximum atomic E-state index is 10.2. The Hall–Kier alpha value is -0.260. The van der Waals surface area contributed by atoms with Crippen LogP contribution in [-0.4, -0.2) is 40.3 Å². The highest BCUT2D eigenvalue weighted by molar-refractivity contribution is 7.99. The van der Waals surface area contributed by atoms with Crippen LogP contribution in [0, 0.1) is 0 Å². The number of nitrogens with two attached hydrogens (primary N) is 1. The molecule has 0 amide bonds. The van der Waals surface area contributed by atoms with E-state index in [2.05, 4.69) is 0 Å². The second-order valence-corrected chi connectivity index (χ2v) is 3.60. The number of hydrogen-bond acceptors (Lipinski definition) is 4. The van der Waals surface area contributed by atoms with Gasteiger partial charge in [-0.15, -0.1) is 0 Å². The van der Waals surface area contributed by atoms with Crippen LogP contribution in [0.2, 0.25) is 0 Å². The Morgan fingerprint density at radius 1 is 1.50 bits per heavy atom. The largest absolute Gasteiger partial charge is 0.480 e. The van der Waals surface area contributed by atoms with E-state index in [1.807, 2.05) is 0 Å². The summed E-state index contributed by atoms with van der Waals surface area (Å²) in [7, 11) is 0. The zero-order valence-electron chi connectivity index (χ0n) is 6.90. The Labute approximate surface area is 76.1 Å². The third kappa shape index (κ3) is 6.45. The van der Waals surface area contributed by atoms with Gasteiger partial charge in [-0.25, -0.2) is 0 Å². The SMILES string of the molecule is NC(CSCCCCO)C(=O)O. The average Bonchev–Trinajstić information content (AvgIpc) is 2.03. The topological polar surface area (TPSA) is 83.5 Å². The first-order valence-electron chi connectivity index (χ1n) is 3.85. The van der Waals surface area contributed by atoms with Crippen molar-refractivity contribution in [1.29, 1.82) is 0 Å². The van der Waals surface area contributed by atoms with Gasteiger partial charge in [-0.05, 0) is 18.6 Å². The Morgan fingerprint density at radius 2 is 2.17 bits per heavy atom. The summed E-state index contributed by atoms with van der Waals surface area (Å²) < 4.78 is 0. The van der Waals surface area contributed by atoms with E-state index in [1.54, 1.807) is 0 Å². The first kappa shape index (κ1) is 11.7. The molecule has 0 aliphatic heterocycles. The molecule has 0 aromatic heterocycles. The van der Waals surface area contributed by atoms with Gasteiger partial charge in [0.15, 0.2) is 0 Å².